The Balaban J connectivity index is 2.21. The van der Waals surface area contributed by atoms with E-state index in [9.17, 15) is 19.8 Å². The van der Waals surface area contributed by atoms with E-state index in [1.165, 1.54) is 7.11 Å². The standard InChI is InChI=1S/C16H20O6/c1-7(2)9-10(14(19)21-4)16(20)6-5-8-13(18)22-12(11(9)17)15(8,16)3/h5,9-12,17,20H,1,6H2,2-4H3/t9-,10+,11+,12+,15+,16+/m0/s1. The Bertz CT molecular complexity index is 608. The van der Waals surface area contributed by atoms with Gasteiger partial charge in [0.2, 0.25) is 0 Å². The van der Waals surface area contributed by atoms with E-state index in [0.29, 0.717) is 11.1 Å². The molecule has 1 aliphatic heterocycles. The van der Waals surface area contributed by atoms with Gasteiger partial charge in [0, 0.05) is 11.5 Å². The van der Waals surface area contributed by atoms with Gasteiger partial charge in [-0.05, 0) is 20.3 Å². The zero-order chi connectivity index (χ0) is 16.4. The maximum atomic E-state index is 12.3. The molecule has 6 heteroatoms. The van der Waals surface area contributed by atoms with Crippen molar-refractivity contribution in [3.05, 3.63) is 23.8 Å². The van der Waals surface area contributed by atoms with Crippen LogP contribution in [0, 0.1) is 17.3 Å². The zero-order valence-electron chi connectivity index (χ0n) is 12.8. The third-order valence-electron chi connectivity index (χ3n) is 5.68. The highest BCUT2D eigenvalue weighted by Gasteiger charge is 2.75. The fourth-order valence-electron chi connectivity index (χ4n) is 4.49. The van der Waals surface area contributed by atoms with Crippen molar-refractivity contribution in [1.82, 2.24) is 0 Å². The molecule has 0 aromatic heterocycles. The maximum Gasteiger partial charge on any atom is 0.334 e. The maximum absolute atomic E-state index is 12.3. The first-order chi connectivity index (χ1) is 10.2. The van der Waals surface area contributed by atoms with Crippen LogP contribution in [-0.4, -0.2) is 47.1 Å². The monoisotopic (exact) mass is 308 g/mol. The molecule has 0 aromatic carbocycles. The van der Waals surface area contributed by atoms with Gasteiger partial charge < -0.3 is 19.7 Å². The van der Waals surface area contributed by atoms with Crippen molar-refractivity contribution in [2.24, 2.45) is 17.3 Å². The second-order valence-corrected chi connectivity index (χ2v) is 6.64. The van der Waals surface area contributed by atoms with E-state index in [0.717, 1.165) is 0 Å². The number of ether oxygens (including phenoxy) is 2. The highest BCUT2D eigenvalue weighted by atomic mass is 16.6. The van der Waals surface area contributed by atoms with Gasteiger partial charge in [0.05, 0.1) is 30.1 Å². The van der Waals surface area contributed by atoms with E-state index in [2.05, 4.69) is 6.58 Å². The SMILES string of the molecule is C=C(C)[C@@H]1[C@@H](O)[C@H]2OC(=O)C3=CC[C@@](O)([C@H]1C(=O)OC)[C@]32C. The third kappa shape index (κ3) is 1.47. The van der Waals surface area contributed by atoms with Crippen LogP contribution in [0.5, 0.6) is 0 Å². The molecule has 3 rings (SSSR count). The molecule has 0 aromatic rings. The average molecular weight is 308 g/mol. The number of aliphatic hydroxyl groups excluding tert-OH is 1. The Kier molecular flexibility index (Phi) is 3.07. The van der Waals surface area contributed by atoms with Crippen molar-refractivity contribution in [1.29, 1.82) is 0 Å². The minimum atomic E-state index is -1.55. The van der Waals surface area contributed by atoms with Crippen molar-refractivity contribution in [3.63, 3.8) is 0 Å². The Morgan fingerprint density at radius 2 is 2.18 bits per heavy atom. The van der Waals surface area contributed by atoms with Crippen LogP contribution in [-0.2, 0) is 19.1 Å². The molecule has 1 saturated heterocycles. The third-order valence-corrected chi connectivity index (χ3v) is 5.68. The summed E-state index contributed by atoms with van der Waals surface area (Å²) in [5.41, 5.74) is -1.81. The highest BCUT2D eigenvalue weighted by Crippen LogP contribution is 2.63. The smallest absolute Gasteiger partial charge is 0.334 e. The molecule has 0 unspecified atom stereocenters. The number of rotatable bonds is 2. The Morgan fingerprint density at radius 1 is 1.55 bits per heavy atom. The Morgan fingerprint density at radius 3 is 2.73 bits per heavy atom. The summed E-state index contributed by atoms with van der Waals surface area (Å²) in [5.74, 6) is -2.92. The lowest BCUT2D eigenvalue weighted by atomic mass is 9.53. The predicted molar refractivity (Wildman–Crippen MR) is 75.5 cm³/mol. The minimum Gasteiger partial charge on any atom is -0.469 e. The van der Waals surface area contributed by atoms with E-state index in [4.69, 9.17) is 9.47 Å². The van der Waals surface area contributed by atoms with Crippen molar-refractivity contribution < 1.29 is 29.3 Å². The molecule has 2 fully saturated rings. The molecule has 1 saturated carbocycles. The second-order valence-electron chi connectivity index (χ2n) is 6.64. The molecule has 0 amide bonds. The quantitative estimate of drug-likeness (QED) is 0.564. The van der Waals surface area contributed by atoms with Crippen molar-refractivity contribution in [3.8, 4) is 0 Å². The van der Waals surface area contributed by atoms with Crippen LogP contribution in [0.25, 0.3) is 0 Å². The molecule has 6 atom stereocenters. The largest absolute Gasteiger partial charge is 0.469 e. The lowest BCUT2D eigenvalue weighted by Gasteiger charge is -2.54. The summed E-state index contributed by atoms with van der Waals surface area (Å²) in [7, 11) is 1.24. The van der Waals surface area contributed by atoms with Gasteiger partial charge >= 0.3 is 11.9 Å². The van der Waals surface area contributed by atoms with Gasteiger partial charge in [-0.25, -0.2) is 4.79 Å². The van der Waals surface area contributed by atoms with Crippen LogP contribution < -0.4 is 0 Å². The molecule has 1 heterocycles. The van der Waals surface area contributed by atoms with Crippen molar-refractivity contribution >= 4 is 11.9 Å². The highest BCUT2D eigenvalue weighted by molar-refractivity contribution is 5.95. The summed E-state index contributed by atoms with van der Waals surface area (Å²) in [6.45, 7) is 7.17. The van der Waals surface area contributed by atoms with Crippen LogP contribution in [0.15, 0.2) is 23.8 Å². The molecule has 0 spiro atoms. The van der Waals surface area contributed by atoms with E-state index in [1.54, 1.807) is 19.9 Å². The fourth-order valence-corrected chi connectivity index (χ4v) is 4.49. The van der Waals surface area contributed by atoms with Crippen LogP contribution >= 0.6 is 0 Å². The van der Waals surface area contributed by atoms with Crippen LogP contribution in [0.4, 0.5) is 0 Å². The Hall–Kier alpha value is -1.66. The topological polar surface area (TPSA) is 93.1 Å². The minimum absolute atomic E-state index is 0.140. The van der Waals surface area contributed by atoms with Crippen LogP contribution in [0.2, 0.25) is 0 Å². The predicted octanol–water partition coefficient (Wildman–Crippen LogP) is 0.335. The zero-order valence-corrected chi connectivity index (χ0v) is 12.8. The average Bonchev–Trinajstić information content (AvgIpc) is 2.88. The number of hydrogen-bond donors (Lipinski definition) is 2. The number of carbonyl (C=O) groups is 2. The second kappa shape index (κ2) is 4.43. The van der Waals surface area contributed by atoms with Crippen LogP contribution in [0.1, 0.15) is 20.3 Å². The van der Waals surface area contributed by atoms with Gasteiger partial charge in [-0.1, -0.05) is 18.2 Å². The number of aliphatic hydroxyl groups is 2. The molecular formula is C16H20O6. The summed E-state index contributed by atoms with van der Waals surface area (Å²) < 4.78 is 10.2. The van der Waals surface area contributed by atoms with E-state index in [-0.39, 0.29) is 6.42 Å². The molecule has 2 aliphatic carbocycles. The van der Waals surface area contributed by atoms with E-state index >= 15 is 0 Å². The van der Waals surface area contributed by atoms with Gasteiger partial charge in [0.1, 0.15) is 6.10 Å². The molecule has 0 radical (unpaired) electrons. The van der Waals surface area contributed by atoms with E-state index in [1.807, 2.05) is 0 Å². The van der Waals surface area contributed by atoms with Crippen molar-refractivity contribution in [2.75, 3.05) is 7.11 Å². The lowest BCUT2D eigenvalue weighted by Crippen LogP contribution is -2.67. The molecule has 3 aliphatic rings. The molecule has 0 bridgehead atoms. The summed E-state index contributed by atoms with van der Waals surface area (Å²) in [5, 5.41) is 22.0. The van der Waals surface area contributed by atoms with Crippen LogP contribution in [0.3, 0.4) is 0 Å². The summed E-state index contributed by atoms with van der Waals surface area (Å²) in [6.07, 6.45) is -0.284. The van der Waals surface area contributed by atoms with Gasteiger partial charge in [0.25, 0.3) is 0 Å². The summed E-state index contributed by atoms with van der Waals surface area (Å²) >= 11 is 0. The molecule has 2 N–H and O–H groups in total. The van der Waals surface area contributed by atoms with E-state index < -0.39 is 47.0 Å². The number of hydrogen-bond acceptors (Lipinski definition) is 6. The molecule has 22 heavy (non-hydrogen) atoms. The molecular weight excluding hydrogens is 288 g/mol. The molecule has 6 nitrogen and oxygen atoms in total. The van der Waals surface area contributed by atoms with Gasteiger partial charge in [0.15, 0.2) is 0 Å². The Labute approximate surface area is 128 Å². The summed E-state index contributed by atoms with van der Waals surface area (Å²) in [6, 6.07) is 0. The van der Waals surface area contributed by atoms with Gasteiger partial charge in [-0.2, -0.15) is 0 Å². The first-order valence-corrected chi connectivity index (χ1v) is 7.25. The fraction of sp³-hybridized carbons (Fsp3) is 0.625. The van der Waals surface area contributed by atoms with Gasteiger partial charge in [-0.3, -0.25) is 4.79 Å². The normalized spacial score (nSPS) is 45.9. The summed E-state index contributed by atoms with van der Waals surface area (Å²) in [4.78, 5) is 24.4. The first kappa shape index (κ1) is 15.2. The number of carbonyl (C=O) groups excluding carboxylic acids is 2. The first-order valence-electron chi connectivity index (χ1n) is 7.25. The van der Waals surface area contributed by atoms with Crippen molar-refractivity contribution in [2.45, 2.75) is 38.1 Å². The molecule has 120 valence electrons. The lowest BCUT2D eigenvalue weighted by molar-refractivity contribution is -0.220. The van der Waals surface area contributed by atoms with Gasteiger partial charge in [-0.15, -0.1) is 0 Å². The number of esters is 2. The number of methoxy groups -OCH3 is 1.